The second-order valence-corrected chi connectivity index (χ2v) is 5.15. The third kappa shape index (κ3) is 5.38. The molecule has 1 heterocycles. The number of nitrogens with zero attached hydrogens (tertiary/aromatic N) is 2. The molecule has 0 radical (unpaired) electrons. The van der Waals surface area contributed by atoms with Gasteiger partial charge in [-0.15, -0.1) is 24.0 Å². The van der Waals surface area contributed by atoms with Gasteiger partial charge in [0.2, 0.25) is 0 Å². The van der Waals surface area contributed by atoms with Crippen molar-refractivity contribution in [2.45, 2.75) is 26.2 Å². The van der Waals surface area contributed by atoms with Gasteiger partial charge in [-0.2, -0.15) is 0 Å². The SMILES string of the molecule is CC1CCN(C(N)=NCCc2ccccc2)CC1.I. The molecule has 106 valence electrons. The minimum atomic E-state index is 0. The van der Waals surface area contributed by atoms with Crippen LogP contribution in [-0.2, 0) is 6.42 Å². The molecular weight excluding hydrogens is 349 g/mol. The van der Waals surface area contributed by atoms with E-state index in [0.29, 0.717) is 0 Å². The molecule has 1 aliphatic rings. The highest BCUT2D eigenvalue weighted by molar-refractivity contribution is 14.0. The van der Waals surface area contributed by atoms with E-state index < -0.39 is 0 Å². The van der Waals surface area contributed by atoms with Crippen LogP contribution in [0.3, 0.4) is 0 Å². The highest BCUT2D eigenvalue weighted by Gasteiger charge is 2.16. The summed E-state index contributed by atoms with van der Waals surface area (Å²) in [5.41, 5.74) is 7.35. The molecule has 0 atom stereocenters. The molecule has 4 heteroatoms. The van der Waals surface area contributed by atoms with Gasteiger partial charge in [0.15, 0.2) is 5.96 Å². The van der Waals surface area contributed by atoms with Crippen molar-refractivity contribution in [1.29, 1.82) is 0 Å². The summed E-state index contributed by atoms with van der Waals surface area (Å²) in [5, 5.41) is 0. The first-order valence-electron chi connectivity index (χ1n) is 6.84. The number of nitrogens with two attached hydrogens (primary N) is 1. The number of rotatable bonds is 3. The van der Waals surface area contributed by atoms with E-state index in [1.54, 1.807) is 0 Å². The van der Waals surface area contributed by atoms with Gasteiger partial charge < -0.3 is 10.6 Å². The number of hydrogen-bond donors (Lipinski definition) is 1. The summed E-state index contributed by atoms with van der Waals surface area (Å²) >= 11 is 0. The van der Waals surface area contributed by atoms with Crippen LogP contribution in [-0.4, -0.2) is 30.5 Å². The Balaban J connectivity index is 0.00000180. The van der Waals surface area contributed by atoms with Crippen molar-refractivity contribution in [3.8, 4) is 0 Å². The third-order valence-corrected chi connectivity index (χ3v) is 3.62. The highest BCUT2D eigenvalue weighted by atomic mass is 127. The second kappa shape index (κ2) is 8.40. The maximum Gasteiger partial charge on any atom is 0.191 e. The quantitative estimate of drug-likeness (QED) is 0.503. The second-order valence-electron chi connectivity index (χ2n) is 5.15. The van der Waals surface area contributed by atoms with Crippen LogP contribution in [0.2, 0.25) is 0 Å². The van der Waals surface area contributed by atoms with Crippen LogP contribution in [0.5, 0.6) is 0 Å². The molecule has 1 saturated heterocycles. The average molecular weight is 373 g/mol. The van der Waals surface area contributed by atoms with Gasteiger partial charge in [0, 0.05) is 19.6 Å². The van der Waals surface area contributed by atoms with E-state index in [2.05, 4.69) is 41.1 Å². The van der Waals surface area contributed by atoms with E-state index in [9.17, 15) is 0 Å². The van der Waals surface area contributed by atoms with Gasteiger partial charge in [0.1, 0.15) is 0 Å². The minimum Gasteiger partial charge on any atom is -0.370 e. The zero-order valence-corrected chi connectivity index (χ0v) is 13.9. The van der Waals surface area contributed by atoms with Crippen molar-refractivity contribution in [3.05, 3.63) is 35.9 Å². The fourth-order valence-corrected chi connectivity index (χ4v) is 2.28. The Morgan fingerprint density at radius 2 is 1.89 bits per heavy atom. The van der Waals surface area contributed by atoms with Crippen LogP contribution >= 0.6 is 24.0 Å². The Kier molecular flexibility index (Phi) is 7.20. The number of likely N-dealkylation sites (tertiary alicyclic amines) is 1. The van der Waals surface area contributed by atoms with Gasteiger partial charge in [-0.3, -0.25) is 4.99 Å². The Morgan fingerprint density at radius 3 is 2.53 bits per heavy atom. The zero-order chi connectivity index (χ0) is 12.8. The van der Waals surface area contributed by atoms with E-state index >= 15 is 0 Å². The van der Waals surface area contributed by atoms with Crippen molar-refractivity contribution in [3.63, 3.8) is 0 Å². The molecule has 0 unspecified atom stereocenters. The number of hydrogen-bond acceptors (Lipinski definition) is 1. The number of benzene rings is 1. The van der Waals surface area contributed by atoms with E-state index in [1.807, 2.05) is 6.07 Å². The van der Waals surface area contributed by atoms with Crippen molar-refractivity contribution < 1.29 is 0 Å². The molecule has 2 rings (SSSR count). The van der Waals surface area contributed by atoms with E-state index in [4.69, 9.17) is 5.73 Å². The van der Waals surface area contributed by atoms with Crippen LogP contribution in [0.15, 0.2) is 35.3 Å². The minimum absolute atomic E-state index is 0. The maximum atomic E-state index is 6.03. The summed E-state index contributed by atoms with van der Waals surface area (Å²) in [6.45, 7) is 5.20. The first-order chi connectivity index (χ1) is 8.75. The molecule has 2 N–H and O–H groups in total. The van der Waals surface area contributed by atoms with Crippen LogP contribution in [0, 0.1) is 5.92 Å². The Bertz CT molecular complexity index is 384. The van der Waals surface area contributed by atoms with Crippen molar-refractivity contribution in [2.75, 3.05) is 19.6 Å². The van der Waals surface area contributed by atoms with Crippen molar-refractivity contribution >= 4 is 29.9 Å². The van der Waals surface area contributed by atoms with Crippen molar-refractivity contribution in [2.24, 2.45) is 16.6 Å². The number of aliphatic imine (C=N–C) groups is 1. The molecule has 0 bridgehead atoms. The Hall–Kier alpha value is -0.780. The molecule has 19 heavy (non-hydrogen) atoms. The predicted octanol–water partition coefficient (Wildman–Crippen LogP) is 2.89. The lowest BCUT2D eigenvalue weighted by atomic mass is 10.00. The maximum absolute atomic E-state index is 6.03. The summed E-state index contributed by atoms with van der Waals surface area (Å²) in [5.74, 6) is 1.55. The molecular formula is C15H24IN3. The molecule has 0 amide bonds. The summed E-state index contributed by atoms with van der Waals surface area (Å²) in [6.07, 6.45) is 3.43. The topological polar surface area (TPSA) is 41.6 Å². The lowest BCUT2D eigenvalue weighted by Gasteiger charge is -2.31. The summed E-state index contributed by atoms with van der Waals surface area (Å²) < 4.78 is 0. The van der Waals surface area contributed by atoms with Crippen LogP contribution < -0.4 is 5.73 Å². The lowest BCUT2D eigenvalue weighted by molar-refractivity contribution is 0.277. The Labute approximate surface area is 133 Å². The van der Waals surface area contributed by atoms with Gasteiger partial charge in [-0.25, -0.2) is 0 Å². The standard InChI is InChI=1S/C15H23N3.HI/c1-13-8-11-18(12-9-13)15(16)17-10-7-14-5-3-2-4-6-14;/h2-6,13H,7-12H2,1H3,(H2,16,17);1H. The molecule has 1 aliphatic heterocycles. The third-order valence-electron chi connectivity index (χ3n) is 3.62. The molecule has 1 aromatic carbocycles. The van der Waals surface area contributed by atoms with Crippen LogP contribution in [0.25, 0.3) is 0 Å². The molecule has 3 nitrogen and oxygen atoms in total. The van der Waals surface area contributed by atoms with E-state index in [1.165, 1.54) is 18.4 Å². The van der Waals surface area contributed by atoms with Crippen LogP contribution in [0.1, 0.15) is 25.3 Å². The Morgan fingerprint density at radius 1 is 1.26 bits per heavy atom. The number of guanidine groups is 1. The van der Waals surface area contributed by atoms with E-state index in [-0.39, 0.29) is 24.0 Å². The van der Waals surface area contributed by atoms with Gasteiger partial charge in [0.25, 0.3) is 0 Å². The largest absolute Gasteiger partial charge is 0.370 e. The van der Waals surface area contributed by atoms with E-state index in [0.717, 1.165) is 37.9 Å². The summed E-state index contributed by atoms with van der Waals surface area (Å²) in [7, 11) is 0. The fourth-order valence-electron chi connectivity index (χ4n) is 2.28. The molecule has 1 fully saturated rings. The smallest absolute Gasteiger partial charge is 0.191 e. The summed E-state index contributed by atoms with van der Waals surface area (Å²) in [4.78, 5) is 6.70. The molecule has 0 spiro atoms. The van der Waals surface area contributed by atoms with Gasteiger partial charge >= 0.3 is 0 Å². The fraction of sp³-hybridized carbons (Fsp3) is 0.533. The average Bonchev–Trinajstić information content (AvgIpc) is 2.40. The van der Waals surface area contributed by atoms with Gasteiger partial charge in [-0.1, -0.05) is 37.3 Å². The zero-order valence-electron chi connectivity index (χ0n) is 11.6. The molecule has 0 aromatic heterocycles. The molecule has 0 aliphatic carbocycles. The molecule has 0 saturated carbocycles. The van der Waals surface area contributed by atoms with Gasteiger partial charge in [-0.05, 0) is 30.7 Å². The highest BCUT2D eigenvalue weighted by Crippen LogP contribution is 2.15. The monoisotopic (exact) mass is 373 g/mol. The van der Waals surface area contributed by atoms with Crippen molar-refractivity contribution in [1.82, 2.24) is 4.90 Å². The normalized spacial score (nSPS) is 17.1. The number of piperidine rings is 1. The first-order valence-corrected chi connectivity index (χ1v) is 6.84. The molecule has 1 aromatic rings. The number of halogens is 1. The first kappa shape index (κ1) is 16.3. The predicted molar refractivity (Wildman–Crippen MR) is 92.0 cm³/mol. The van der Waals surface area contributed by atoms with Crippen LogP contribution in [0.4, 0.5) is 0 Å². The van der Waals surface area contributed by atoms with Gasteiger partial charge in [0.05, 0.1) is 0 Å². The lowest BCUT2D eigenvalue weighted by Crippen LogP contribution is -2.42. The summed E-state index contributed by atoms with van der Waals surface area (Å²) in [6, 6.07) is 10.4.